The van der Waals surface area contributed by atoms with E-state index in [2.05, 4.69) is 25.3 Å². The highest BCUT2D eigenvalue weighted by molar-refractivity contribution is 5.85. The average Bonchev–Trinajstić information content (AvgIpc) is 3.58. The minimum atomic E-state index is -1.07. The number of hydrogen-bond acceptors (Lipinski definition) is 9. The van der Waals surface area contributed by atoms with Crippen LogP contribution in [-0.4, -0.2) is 87.7 Å². The molecule has 9 heteroatoms. The van der Waals surface area contributed by atoms with E-state index in [9.17, 15) is 25.2 Å². The fraction of sp³-hybridized carbons (Fsp3) is 0.730. The molecule has 2 aliphatic heterocycles. The Morgan fingerprint density at radius 3 is 2.54 bits per heavy atom. The van der Waals surface area contributed by atoms with E-state index < -0.39 is 41.2 Å². The predicted octanol–water partition coefficient (Wildman–Crippen LogP) is 3.89. The maximum atomic E-state index is 12.7. The number of carbonyl (C=O) groups excluding carboxylic acids is 1. The Bertz CT molecular complexity index is 1340. The van der Waals surface area contributed by atoms with Gasteiger partial charge in [-0.05, 0) is 93.6 Å². The Balaban J connectivity index is 1.16. The van der Waals surface area contributed by atoms with Gasteiger partial charge in [0, 0.05) is 42.5 Å². The Morgan fingerprint density at radius 2 is 1.80 bits per heavy atom. The number of benzene rings is 1. The number of rotatable bonds is 7. The van der Waals surface area contributed by atoms with Crippen molar-refractivity contribution in [1.82, 2.24) is 0 Å². The fourth-order valence-corrected chi connectivity index (χ4v) is 10.9. The minimum Gasteiger partial charge on any atom is -0.458 e. The van der Waals surface area contributed by atoms with Crippen molar-refractivity contribution in [3.8, 4) is 0 Å². The first-order chi connectivity index (χ1) is 22.0. The maximum Gasteiger partial charge on any atom is 0.331 e. The third-order valence-electron chi connectivity index (χ3n) is 13.3. The van der Waals surface area contributed by atoms with Crippen LogP contribution in [-0.2, 0) is 25.4 Å². The Kier molecular flexibility index (Phi) is 8.51. The lowest BCUT2D eigenvalue weighted by atomic mass is 9.41. The van der Waals surface area contributed by atoms with Crippen LogP contribution in [0.15, 0.2) is 47.0 Å². The molecule has 1 saturated heterocycles. The molecule has 1 aromatic rings. The number of aliphatic hydroxyl groups excluding tert-OH is 2. The first-order valence-electron chi connectivity index (χ1n) is 17.5. The van der Waals surface area contributed by atoms with Crippen LogP contribution in [0.2, 0.25) is 0 Å². The van der Waals surface area contributed by atoms with Crippen LogP contribution in [0, 0.1) is 28.6 Å². The van der Waals surface area contributed by atoms with Gasteiger partial charge in [0.1, 0.15) is 12.7 Å². The van der Waals surface area contributed by atoms with Crippen LogP contribution < -0.4 is 0 Å². The van der Waals surface area contributed by atoms with Crippen LogP contribution in [0.1, 0.15) is 83.6 Å². The molecule has 6 aliphatic rings. The predicted molar refractivity (Wildman–Crippen MR) is 171 cm³/mol. The Morgan fingerprint density at radius 1 is 1.02 bits per heavy atom. The Hall–Kier alpha value is -2.14. The highest BCUT2D eigenvalue weighted by Gasteiger charge is 2.71. The van der Waals surface area contributed by atoms with Crippen molar-refractivity contribution < 1.29 is 39.4 Å². The number of aliphatic hydroxyl groups is 4. The lowest BCUT2D eigenvalue weighted by Crippen LogP contribution is -2.69. The van der Waals surface area contributed by atoms with Gasteiger partial charge >= 0.3 is 5.97 Å². The van der Waals surface area contributed by atoms with Gasteiger partial charge < -0.3 is 34.6 Å². The summed E-state index contributed by atoms with van der Waals surface area (Å²) in [5, 5.41) is 46.0. The molecule has 4 aliphatic carbocycles. The molecule has 46 heavy (non-hydrogen) atoms. The zero-order chi connectivity index (χ0) is 32.3. The van der Waals surface area contributed by atoms with Crippen molar-refractivity contribution in [2.45, 2.75) is 126 Å². The normalized spacial score (nSPS) is 47.2. The van der Waals surface area contributed by atoms with E-state index in [0.717, 1.165) is 31.3 Å². The van der Waals surface area contributed by atoms with E-state index in [-0.39, 0.29) is 41.7 Å². The number of hydrogen-bond donors (Lipinski definition) is 4. The molecular weight excluding hydrogens is 586 g/mol. The molecule has 4 N–H and O–H groups in total. The van der Waals surface area contributed by atoms with Crippen molar-refractivity contribution in [1.29, 1.82) is 0 Å². The van der Waals surface area contributed by atoms with E-state index in [1.807, 2.05) is 18.2 Å². The molecule has 1 aromatic carbocycles. The molecular formula is C37H51NO8. The largest absolute Gasteiger partial charge is 0.458 e. The quantitative estimate of drug-likeness (QED) is 0.201. The van der Waals surface area contributed by atoms with Gasteiger partial charge in [-0.25, -0.2) is 4.79 Å². The van der Waals surface area contributed by atoms with E-state index in [0.29, 0.717) is 51.7 Å². The van der Waals surface area contributed by atoms with Crippen molar-refractivity contribution >= 4 is 12.2 Å². The molecule has 2 heterocycles. The lowest BCUT2D eigenvalue weighted by Gasteiger charge is -2.66. The smallest absolute Gasteiger partial charge is 0.331 e. The summed E-state index contributed by atoms with van der Waals surface area (Å²) in [6.45, 7) is 4.90. The van der Waals surface area contributed by atoms with Gasteiger partial charge in [0.25, 0.3) is 0 Å². The molecule has 4 saturated carbocycles. The molecule has 252 valence electrons. The van der Waals surface area contributed by atoms with Gasteiger partial charge in [-0.2, -0.15) is 0 Å². The van der Waals surface area contributed by atoms with Crippen LogP contribution >= 0.6 is 0 Å². The van der Waals surface area contributed by atoms with Crippen molar-refractivity contribution in [3.05, 3.63) is 47.5 Å². The summed E-state index contributed by atoms with van der Waals surface area (Å²) < 4.78 is 17.6. The van der Waals surface area contributed by atoms with Crippen molar-refractivity contribution in [2.24, 2.45) is 33.6 Å². The molecule has 9 nitrogen and oxygen atoms in total. The molecule has 0 amide bonds. The zero-order valence-corrected chi connectivity index (χ0v) is 27.2. The third kappa shape index (κ3) is 5.21. The molecule has 0 aromatic heterocycles. The summed E-state index contributed by atoms with van der Waals surface area (Å²) >= 11 is 0. The average molecular weight is 638 g/mol. The van der Waals surface area contributed by atoms with Gasteiger partial charge in [0.2, 0.25) is 0 Å². The second-order valence-electron chi connectivity index (χ2n) is 15.5. The summed E-state index contributed by atoms with van der Waals surface area (Å²) in [5.74, 6) is -0.110. The minimum absolute atomic E-state index is 0.00681. The standard InChI is InChI=1S/C37H51NO8/c1-23-33(41)30(39)19-32(45-23)46-26-8-14-35(22-38-17-12-24-6-4-3-5-7-24)28-9-13-34(2)27(25-18-31(40)44-21-25)11-16-37(34,43)29(28)10-15-36(35,42)20-26/h3-7,18,22-23,26-30,32-33,39,41-43H,8-17,19-21H2,1-2H3/t23-,26-,27+,28-,29+,30+,32+,33+,34+,35-,36-,37-/m0/s1. The lowest BCUT2D eigenvalue weighted by molar-refractivity contribution is -0.282. The molecule has 0 radical (unpaired) electrons. The van der Waals surface area contributed by atoms with E-state index in [4.69, 9.17) is 19.2 Å². The second-order valence-corrected chi connectivity index (χ2v) is 15.5. The topological polar surface area (TPSA) is 138 Å². The van der Waals surface area contributed by atoms with Crippen LogP contribution in [0.25, 0.3) is 0 Å². The summed E-state index contributed by atoms with van der Waals surface area (Å²) in [6, 6.07) is 10.3. The van der Waals surface area contributed by atoms with E-state index >= 15 is 0 Å². The van der Waals surface area contributed by atoms with Crippen molar-refractivity contribution in [2.75, 3.05) is 13.2 Å². The first-order valence-corrected chi connectivity index (χ1v) is 17.5. The summed E-state index contributed by atoms with van der Waals surface area (Å²) in [7, 11) is 0. The molecule has 5 fully saturated rings. The highest BCUT2D eigenvalue weighted by Crippen LogP contribution is 2.70. The number of esters is 1. The SMILES string of the molecule is C[C@@H]1O[C@H](O[C@H]2CC[C@]3(C=NCCc4ccccc4)[C@H]4CC[C@]5(C)[C@@H](C6=CC(=O)OC6)CC[C@]5(O)[C@@H]4CC[C@]3(O)C2)C[C@@H](O)[C@@H]1O. The van der Waals surface area contributed by atoms with Crippen LogP contribution in [0.3, 0.4) is 0 Å². The number of aliphatic imine (C=N–C) groups is 1. The molecule has 12 atom stereocenters. The molecule has 0 spiro atoms. The number of carbonyl (C=O) groups is 1. The maximum absolute atomic E-state index is 12.7. The van der Waals surface area contributed by atoms with Gasteiger partial charge in [0.15, 0.2) is 6.29 Å². The molecule has 7 rings (SSSR count). The number of nitrogens with zero attached hydrogens (tertiary/aromatic N) is 1. The van der Waals surface area contributed by atoms with E-state index in [1.54, 1.807) is 13.0 Å². The van der Waals surface area contributed by atoms with Crippen LogP contribution in [0.4, 0.5) is 0 Å². The fourth-order valence-electron chi connectivity index (χ4n) is 10.9. The van der Waals surface area contributed by atoms with Gasteiger partial charge in [0.05, 0.1) is 29.5 Å². The number of ether oxygens (including phenoxy) is 3. The summed E-state index contributed by atoms with van der Waals surface area (Å²) in [6.07, 6.45) is 7.68. The summed E-state index contributed by atoms with van der Waals surface area (Å²) in [5.41, 5.74) is -0.707. The van der Waals surface area contributed by atoms with E-state index in [1.165, 1.54) is 5.56 Å². The van der Waals surface area contributed by atoms with Gasteiger partial charge in [-0.15, -0.1) is 0 Å². The van der Waals surface area contributed by atoms with Crippen molar-refractivity contribution in [3.63, 3.8) is 0 Å². The first kappa shape index (κ1) is 32.4. The monoisotopic (exact) mass is 637 g/mol. The van der Waals surface area contributed by atoms with Crippen LogP contribution in [0.5, 0.6) is 0 Å². The zero-order valence-electron chi connectivity index (χ0n) is 27.2. The molecule has 0 unspecified atom stereocenters. The van der Waals surface area contributed by atoms with Gasteiger partial charge in [-0.1, -0.05) is 37.3 Å². The Labute approximate surface area is 272 Å². The summed E-state index contributed by atoms with van der Waals surface area (Å²) in [4.78, 5) is 17.0. The highest BCUT2D eigenvalue weighted by atomic mass is 16.7. The second kappa shape index (κ2) is 12.1. The number of fused-ring (bicyclic) bond motifs is 5. The number of cyclic esters (lactones) is 1. The third-order valence-corrected chi connectivity index (χ3v) is 13.3. The van der Waals surface area contributed by atoms with Gasteiger partial charge in [-0.3, -0.25) is 4.99 Å². The molecule has 0 bridgehead atoms.